The second-order valence-electron chi connectivity index (χ2n) is 1.78. The molecule has 3 heteroatoms. The van der Waals surface area contributed by atoms with Crippen LogP contribution >= 0.6 is 12.6 Å². The van der Waals surface area contributed by atoms with Gasteiger partial charge in [0.25, 0.3) is 0 Å². The van der Waals surface area contributed by atoms with E-state index in [1.54, 1.807) is 0 Å². The van der Waals surface area contributed by atoms with Gasteiger partial charge in [-0.05, 0) is 13.8 Å². The molecule has 0 radical (unpaired) electrons. The fourth-order valence-corrected chi connectivity index (χ4v) is 0.363. The van der Waals surface area contributed by atoms with Crippen LogP contribution in [0.1, 0.15) is 13.8 Å². The van der Waals surface area contributed by atoms with Crippen molar-refractivity contribution in [3.63, 3.8) is 0 Å². The zero-order valence-electron chi connectivity index (χ0n) is 5.35. The Bertz CT molecular complexity index is 49.7. The number of hydrogen-bond acceptors (Lipinski definition) is 3. The normalized spacial score (nSPS) is 10.5. The van der Waals surface area contributed by atoms with Crippen molar-refractivity contribution >= 4 is 12.6 Å². The topological polar surface area (TPSA) is 21.3 Å². The maximum absolute atomic E-state index is 4.98. The van der Waals surface area contributed by atoms with Crippen LogP contribution in [-0.4, -0.2) is 18.4 Å². The zero-order chi connectivity index (χ0) is 6.41. The molecule has 0 fully saturated rings. The van der Waals surface area contributed by atoms with E-state index in [2.05, 4.69) is 18.1 Å². The molecule has 1 N–H and O–H groups in total. The average Bonchev–Trinajstić information content (AvgIpc) is 1.66. The van der Waals surface area contributed by atoms with E-state index in [4.69, 9.17) is 4.84 Å². The molecule has 0 saturated carbocycles. The first-order valence-electron chi connectivity index (χ1n) is 2.76. The van der Waals surface area contributed by atoms with Crippen molar-refractivity contribution in [1.29, 1.82) is 0 Å². The Hall–Kier alpha value is 0.270. The van der Waals surface area contributed by atoms with Gasteiger partial charge in [0.1, 0.15) is 0 Å². The minimum atomic E-state index is 0.259. The highest BCUT2D eigenvalue weighted by Gasteiger charge is 1.88. The summed E-state index contributed by atoms with van der Waals surface area (Å²) in [6, 6.07) is 0. The molecule has 0 heterocycles. The second-order valence-corrected chi connectivity index (χ2v) is 2.23. The summed E-state index contributed by atoms with van der Waals surface area (Å²) < 4.78 is 0. The molecule has 0 aromatic carbocycles. The van der Waals surface area contributed by atoms with Crippen molar-refractivity contribution in [1.82, 2.24) is 5.48 Å². The number of hydroxylamine groups is 1. The molecule has 0 amide bonds. The van der Waals surface area contributed by atoms with E-state index in [0.717, 1.165) is 12.3 Å². The first-order valence-corrected chi connectivity index (χ1v) is 3.40. The zero-order valence-corrected chi connectivity index (χ0v) is 6.24. The van der Waals surface area contributed by atoms with E-state index in [1.165, 1.54) is 0 Å². The highest BCUT2D eigenvalue weighted by atomic mass is 32.1. The lowest BCUT2D eigenvalue weighted by molar-refractivity contribution is -0.00126. The second kappa shape index (κ2) is 5.41. The summed E-state index contributed by atoms with van der Waals surface area (Å²) in [6.45, 7) is 4.76. The summed E-state index contributed by atoms with van der Waals surface area (Å²) in [7, 11) is 0. The Labute approximate surface area is 56.0 Å². The number of nitrogens with one attached hydrogen (secondary N) is 1. The lowest BCUT2D eigenvalue weighted by atomic mass is 10.5. The summed E-state index contributed by atoms with van der Waals surface area (Å²) in [5, 5.41) is 0. The predicted octanol–water partition coefficient (Wildman–Crippen LogP) is 0.846. The minimum Gasteiger partial charge on any atom is -0.299 e. The summed E-state index contributed by atoms with van der Waals surface area (Å²) in [4.78, 5) is 4.98. The summed E-state index contributed by atoms with van der Waals surface area (Å²) in [5.74, 6) is 0.812. The third-order valence-electron chi connectivity index (χ3n) is 0.533. The molecule has 0 saturated heterocycles. The molecule has 0 spiro atoms. The molecular formula is C5H13NOS. The van der Waals surface area contributed by atoms with Crippen molar-refractivity contribution < 1.29 is 4.84 Å². The van der Waals surface area contributed by atoms with Crippen LogP contribution in [0, 0.1) is 0 Å². The standard InChI is InChI=1S/C5H13NOS/c1-5(2)7-6-3-4-8/h5-6,8H,3-4H2,1-2H3. The molecule has 0 aliphatic heterocycles. The van der Waals surface area contributed by atoms with Crippen LogP contribution in [0.5, 0.6) is 0 Å². The van der Waals surface area contributed by atoms with Crippen LogP contribution in [0.4, 0.5) is 0 Å². The van der Waals surface area contributed by atoms with Gasteiger partial charge in [-0.2, -0.15) is 12.6 Å². The van der Waals surface area contributed by atoms with Gasteiger partial charge in [0.15, 0.2) is 0 Å². The first-order chi connectivity index (χ1) is 3.77. The van der Waals surface area contributed by atoms with Crippen molar-refractivity contribution in [2.45, 2.75) is 20.0 Å². The van der Waals surface area contributed by atoms with E-state index in [9.17, 15) is 0 Å². The highest BCUT2D eigenvalue weighted by Crippen LogP contribution is 1.80. The molecule has 0 bridgehead atoms. The van der Waals surface area contributed by atoms with Crippen LogP contribution in [0.25, 0.3) is 0 Å². The van der Waals surface area contributed by atoms with Crippen LogP contribution in [0.2, 0.25) is 0 Å². The smallest absolute Gasteiger partial charge is 0.0734 e. The Morgan fingerprint density at radius 2 is 2.25 bits per heavy atom. The molecule has 0 aromatic rings. The molecule has 0 aliphatic rings. The van der Waals surface area contributed by atoms with E-state index < -0.39 is 0 Å². The fraction of sp³-hybridized carbons (Fsp3) is 1.00. The van der Waals surface area contributed by atoms with E-state index >= 15 is 0 Å². The van der Waals surface area contributed by atoms with Crippen molar-refractivity contribution in [2.24, 2.45) is 0 Å². The van der Waals surface area contributed by atoms with Crippen LogP contribution in [0.3, 0.4) is 0 Å². The average molecular weight is 135 g/mol. The van der Waals surface area contributed by atoms with Gasteiger partial charge in [0, 0.05) is 12.3 Å². The summed E-state index contributed by atoms with van der Waals surface area (Å²) >= 11 is 3.98. The summed E-state index contributed by atoms with van der Waals surface area (Å²) in [5.41, 5.74) is 2.76. The number of thiol groups is 1. The van der Waals surface area contributed by atoms with Crippen molar-refractivity contribution in [3.8, 4) is 0 Å². The van der Waals surface area contributed by atoms with E-state index in [-0.39, 0.29) is 6.10 Å². The molecule has 2 nitrogen and oxygen atoms in total. The number of rotatable bonds is 4. The molecule has 0 rings (SSSR count). The molecule has 8 heavy (non-hydrogen) atoms. The van der Waals surface area contributed by atoms with Crippen LogP contribution < -0.4 is 5.48 Å². The van der Waals surface area contributed by atoms with Crippen LogP contribution in [-0.2, 0) is 4.84 Å². The van der Waals surface area contributed by atoms with E-state index in [1.807, 2.05) is 13.8 Å². The van der Waals surface area contributed by atoms with Gasteiger partial charge in [-0.1, -0.05) is 0 Å². The third kappa shape index (κ3) is 6.27. The van der Waals surface area contributed by atoms with Gasteiger partial charge in [0.05, 0.1) is 6.10 Å². The molecule has 0 unspecified atom stereocenters. The Morgan fingerprint density at radius 3 is 2.62 bits per heavy atom. The van der Waals surface area contributed by atoms with E-state index in [0.29, 0.717) is 0 Å². The first kappa shape index (κ1) is 8.27. The largest absolute Gasteiger partial charge is 0.299 e. The third-order valence-corrected chi connectivity index (χ3v) is 0.757. The quantitative estimate of drug-likeness (QED) is 0.339. The van der Waals surface area contributed by atoms with Gasteiger partial charge < -0.3 is 0 Å². The van der Waals surface area contributed by atoms with Gasteiger partial charge in [-0.3, -0.25) is 4.84 Å². The fourth-order valence-electron chi connectivity index (χ4n) is 0.271. The van der Waals surface area contributed by atoms with Gasteiger partial charge >= 0.3 is 0 Å². The monoisotopic (exact) mass is 135 g/mol. The Kier molecular flexibility index (Phi) is 5.59. The summed E-state index contributed by atoms with van der Waals surface area (Å²) in [6.07, 6.45) is 0.259. The maximum Gasteiger partial charge on any atom is 0.0734 e. The molecular weight excluding hydrogens is 122 g/mol. The lowest BCUT2D eigenvalue weighted by Gasteiger charge is -2.05. The van der Waals surface area contributed by atoms with Gasteiger partial charge in [-0.15, -0.1) is 0 Å². The molecule has 0 aromatic heterocycles. The Morgan fingerprint density at radius 1 is 1.62 bits per heavy atom. The molecule has 50 valence electrons. The predicted molar refractivity (Wildman–Crippen MR) is 38.1 cm³/mol. The van der Waals surface area contributed by atoms with Gasteiger partial charge in [-0.25, -0.2) is 5.48 Å². The SMILES string of the molecule is CC(C)ONCCS. The maximum atomic E-state index is 4.98. The van der Waals surface area contributed by atoms with Crippen molar-refractivity contribution in [3.05, 3.63) is 0 Å². The Balaban J connectivity index is 2.72. The number of hydrogen-bond donors (Lipinski definition) is 2. The van der Waals surface area contributed by atoms with Gasteiger partial charge in [0.2, 0.25) is 0 Å². The molecule has 0 aliphatic carbocycles. The highest BCUT2D eigenvalue weighted by molar-refractivity contribution is 7.80. The minimum absolute atomic E-state index is 0.259. The van der Waals surface area contributed by atoms with Crippen LogP contribution in [0.15, 0.2) is 0 Å². The van der Waals surface area contributed by atoms with Crippen molar-refractivity contribution in [2.75, 3.05) is 12.3 Å². The lowest BCUT2D eigenvalue weighted by Crippen LogP contribution is -2.21. The molecule has 0 atom stereocenters.